The van der Waals surface area contributed by atoms with E-state index in [9.17, 15) is 23.7 Å². The molecule has 0 amide bonds. The molecule has 2 unspecified atom stereocenters. The molecule has 0 radical (unpaired) electrons. The first kappa shape index (κ1) is 30.9. The van der Waals surface area contributed by atoms with Crippen molar-refractivity contribution in [3.8, 4) is 0 Å². The van der Waals surface area contributed by atoms with Crippen LogP contribution in [0, 0.1) is 17.7 Å². The minimum absolute atomic E-state index is 0.00419. The average molecular weight is 681 g/mol. The van der Waals surface area contributed by atoms with Crippen LogP contribution in [0.15, 0.2) is 23.6 Å². The zero-order valence-corrected chi connectivity index (χ0v) is 25.5. The van der Waals surface area contributed by atoms with Gasteiger partial charge >= 0.3 is 13.5 Å². The summed E-state index contributed by atoms with van der Waals surface area (Å²) in [7, 11) is 0. The van der Waals surface area contributed by atoms with E-state index in [1.165, 1.54) is 17.2 Å². The number of anilines is 2. The number of H-pyrrole nitrogens is 1. The quantitative estimate of drug-likeness (QED) is 0.168. The third kappa shape index (κ3) is 6.64. The Morgan fingerprint density at radius 3 is 2.67 bits per heavy atom. The van der Waals surface area contributed by atoms with Crippen LogP contribution < -0.4 is 16.6 Å². The molecule has 234 valence electrons. The summed E-state index contributed by atoms with van der Waals surface area (Å²) in [6.45, 7) is -8.61. The topological polar surface area (TPSA) is 231 Å². The van der Waals surface area contributed by atoms with Crippen molar-refractivity contribution in [3.63, 3.8) is 0 Å². The average Bonchev–Trinajstić information content (AvgIpc) is 3.62. The lowest BCUT2D eigenvalue weighted by atomic mass is 9.98. The second-order valence-corrected chi connectivity index (χ2v) is 16.0. The lowest BCUT2D eigenvalue weighted by Crippen LogP contribution is -2.35. The van der Waals surface area contributed by atoms with Crippen LogP contribution in [0.5, 0.6) is 0 Å². The van der Waals surface area contributed by atoms with Gasteiger partial charge in [0.05, 0.1) is 32.3 Å². The van der Waals surface area contributed by atoms with Crippen LogP contribution in [0.2, 0.25) is 0 Å². The van der Waals surface area contributed by atoms with Crippen LogP contribution in [0.3, 0.4) is 0 Å². The van der Waals surface area contributed by atoms with E-state index in [2.05, 4.69) is 42.5 Å². The number of ether oxygens (including phenoxy) is 1. The number of nitrogens with one attached hydrogen (secondary N) is 2. The van der Waals surface area contributed by atoms with E-state index in [1.54, 1.807) is 0 Å². The fraction of sp³-hybridized carbons (Fsp3) is 0.571. The molecule has 17 nitrogen and oxygen atoms in total. The Balaban J connectivity index is 1.27. The number of aliphatic hydroxyl groups excluding tert-OH is 1. The number of nitrogen functional groups attached to an aromatic ring is 1. The number of halogens is 1. The predicted molar refractivity (Wildman–Crippen MR) is 154 cm³/mol. The Kier molecular flexibility index (Phi) is 8.64. The van der Waals surface area contributed by atoms with Gasteiger partial charge in [0.1, 0.15) is 24.6 Å². The fourth-order valence-corrected chi connectivity index (χ4v) is 8.10. The van der Waals surface area contributed by atoms with Gasteiger partial charge < -0.3 is 39.4 Å². The first-order valence-electron chi connectivity index (χ1n) is 12.9. The molecule has 6 rings (SSSR count). The summed E-state index contributed by atoms with van der Waals surface area (Å²) in [6, 6.07) is -0.284. The van der Waals surface area contributed by atoms with E-state index in [-0.39, 0.29) is 54.0 Å². The second-order valence-electron chi connectivity index (χ2n) is 10.3. The second kappa shape index (κ2) is 12.0. The zero-order chi connectivity index (χ0) is 30.5. The highest BCUT2D eigenvalue weighted by molar-refractivity contribution is 8.44. The van der Waals surface area contributed by atoms with E-state index in [0.29, 0.717) is 12.8 Å². The van der Waals surface area contributed by atoms with Gasteiger partial charge in [-0.05, 0) is 36.5 Å². The number of fused-ring (bicyclic) bond motifs is 4. The molecule has 3 aromatic rings. The van der Waals surface area contributed by atoms with Crippen molar-refractivity contribution in [1.82, 2.24) is 29.5 Å². The van der Waals surface area contributed by atoms with Gasteiger partial charge in [-0.2, -0.15) is 4.98 Å². The van der Waals surface area contributed by atoms with E-state index in [4.69, 9.17) is 40.4 Å². The molecule has 3 aromatic heterocycles. The summed E-state index contributed by atoms with van der Waals surface area (Å²) in [5.74, 6) is -1.41. The first-order valence-corrected chi connectivity index (χ1v) is 18.2. The van der Waals surface area contributed by atoms with Crippen LogP contribution in [0.1, 0.15) is 19.1 Å². The molecular formula is C21H27FN8O9P2S2. The molecule has 43 heavy (non-hydrogen) atoms. The minimum Gasteiger partial charge on any atom is -0.387 e. The van der Waals surface area contributed by atoms with Crippen LogP contribution in [-0.2, 0) is 39.2 Å². The fourth-order valence-electron chi connectivity index (χ4n) is 5.44. The predicted octanol–water partition coefficient (Wildman–Crippen LogP) is 1.10. The smallest absolute Gasteiger partial charge is 0.386 e. The molecule has 5 heterocycles. The first-order chi connectivity index (χ1) is 20.4. The van der Waals surface area contributed by atoms with Gasteiger partial charge in [0.25, 0.3) is 5.56 Å². The molecule has 9 atom stereocenters. The summed E-state index contributed by atoms with van der Waals surface area (Å²) in [5, 5.41) is 14.2. The van der Waals surface area contributed by atoms with Gasteiger partial charge in [-0.25, -0.2) is 23.9 Å². The van der Waals surface area contributed by atoms with Gasteiger partial charge in [0, 0.05) is 6.04 Å². The van der Waals surface area contributed by atoms with E-state index in [0.717, 1.165) is 6.20 Å². The van der Waals surface area contributed by atoms with Crippen molar-refractivity contribution in [2.24, 2.45) is 11.8 Å². The maximum atomic E-state index is 14.2. The van der Waals surface area contributed by atoms with Crippen molar-refractivity contribution in [1.29, 1.82) is 0 Å². The number of imidazole rings is 1. The Labute approximate surface area is 252 Å². The Morgan fingerprint density at radius 2 is 1.93 bits per heavy atom. The van der Waals surface area contributed by atoms with E-state index < -0.39 is 56.0 Å². The highest BCUT2D eigenvalue weighted by Crippen LogP contribution is 2.58. The molecule has 1 saturated carbocycles. The molecule has 6 N–H and O–H groups in total. The zero-order valence-electron chi connectivity index (χ0n) is 22.0. The van der Waals surface area contributed by atoms with Gasteiger partial charge in [-0.3, -0.25) is 18.9 Å². The summed E-state index contributed by atoms with van der Waals surface area (Å²) in [5.41, 5.74) is 5.03. The number of nitrogens with zero attached hydrogens (tertiary/aromatic N) is 5. The Bertz CT molecular complexity index is 1670. The molecular weight excluding hydrogens is 653 g/mol. The summed E-state index contributed by atoms with van der Waals surface area (Å²) < 4.78 is 57.5. The van der Waals surface area contributed by atoms with Crippen molar-refractivity contribution in [3.05, 3.63) is 35.0 Å². The molecule has 0 aromatic carbocycles. The Morgan fingerprint density at radius 1 is 1.21 bits per heavy atom. The van der Waals surface area contributed by atoms with Crippen molar-refractivity contribution < 1.29 is 41.8 Å². The number of aliphatic hydroxyl groups is 1. The summed E-state index contributed by atoms with van der Waals surface area (Å²) >= 11 is 9.34. The molecule has 2 aliphatic heterocycles. The summed E-state index contributed by atoms with van der Waals surface area (Å²) in [4.78, 5) is 41.1. The monoisotopic (exact) mass is 680 g/mol. The molecule has 2 saturated heterocycles. The number of hydrogen-bond acceptors (Lipinski definition) is 15. The standard InChI is InChI=1S/C21H27FN8O9P2S2/c22-12-3-24-7-25-17(12)27-11-1-9-4-35-40(33,42)37-6-13-15(31)16(39-41(34,43)36-5-10(9)2-11)20(38-13)30-8-26-14-18(30)28-21(23)29-19(14)32/h3,7-11,13,15-16,20,31H,1-2,4-6H2,(H,33,42)(H,34,43)(H,24,25,27)(H3,23,28,29,32)/t9-,10-,11+,13-,15-,16-,20-,40?,41?/m1/s1. The van der Waals surface area contributed by atoms with Crippen LogP contribution in [0.25, 0.3) is 11.2 Å². The molecule has 3 fully saturated rings. The van der Waals surface area contributed by atoms with E-state index in [1.807, 2.05) is 0 Å². The number of thiol groups is 1. The highest BCUT2D eigenvalue weighted by atomic mass is 32.7. The normalized spacial score (nSPS) is 37.2. The number of nitrogens with two attached hydrogens (primary N) is 1. The van der Waals surface area contributed by atoms with Gasteiger partial charge in [0.15, 0.2) is 29.0 Å². The Hall–Kier alpha value is -2.09. The summed E-state index contributed by atoms with van der Waals surface area (Å²) in [6.07, 6.45) is -0.989. The van der Waals surface area contributed by atoms with Gasteiger partial charge in [-0.1, -0.05) is 12.2 Å². The van der Waals surface area contributed by atoms with E-state index >= 15 is 0 Å². The molecule has 22 heteroatoms. The molecule has 1 aliphatic carbocycles. The number of rotatable bonds is 3. The maximum absolute atomic E-state index is 14.2. The van der Waals surface area contributed by atoms with Crippen LogP contribution in [-0.4, -0.2) is 83.7 Å². The minimum atomic E-state index is -4.17. The van der Waals surface area contributed by atoms with Crippen molar-refractivity contribution in [2.75, 3.05) is 30.9 Å². The van der Waals surface area contributed by atoms with Crippen LogP contribution >= 0.6 is 25.8 Å². The van der Waals surface area contributed by atoms with Crippen molar-refractivity contribution >= 4 is 60.5 Å². The van der Waals surface area contributed by atoms with Gasteiger partial charge in [-0.15, -0.1) is 0 Å². The highest BCUT2D eigenvalue weighted by Gasteiger charge is 2.50. The number of hydrogen-bond donors (Lipinski definition) is 6. The number of aromatic nitrogens is 6. The maximum Gasteiger partial charge on any atom is 0.386 e. The molecule has 3 aliphatic rings. The third-order valence-electron chi connectivity index (χ3n) is 7.45. The molecule has 2 bridgehead atoms. The van der Waals surface area contributed by atoms with Gasteiger partial charge in [0.2, 0.25) is 5.95 Å². The third-order valence-corrected chi connectivity index (χ3v) is 10.6. The van der Waals surface area contributed by atoms with Crippen molar-refractivity contribution in [2.45, 2.75) is 43.4 Å². The lowest BCUT2D eigenvalue weighted by molar-refractivity contribution is -0.0472. The lowest BCUT2D eigenvalue weighted by Gasteiger charge is -2.27. The molecule has 0 spiro atoms. The number of aromatic amines is 1. The van der Waals surface area contributed by atoms with Crippen LogP contribution in [0.4, 0.5) is 16.2 Å². The largest absolute Gasteiger partial charge is 0.387 e. The SMILES string of the molecule is Nc1nc2c(ncn2[C@@H]2O[C@@H]3COP(O)(=S)OC[C@H]4C[C@H](Nc5ncncc5F)C[C@@H]4COP(=O)(S)O[C@@H]2[C@@H]3O)c(=O)[nH]1.